The number of hydrogen-bond donors (Lipinski definition) is 2. The van der Waals surface area contributed by atoms with Crippen molar-refractivity contribution in [2.24, 2.45) is 5.73 Å². The van der Waals surface area contributed by atoms with Gasteiger partial charge in [0, 0.05) is 25.1 Å². The van der Waals surface area contributed by atoms with Crippen molar-refractivity contribution in [1.82, 2.24) is 5.32 Å². The van der Waals surface area contributed by atoms with Crippen molar-refractivity contribution in [2.45, 2.75) is 32.0 Å². The number of carbonyl (C=O) groups is 1. The quantitative estimate of drug-likeness (QED) is 0.783. The number of amides is 1. The van der Waals surface area contributed by atoms with Gasteiger partial charge in [-0.2, -0.15) is 13.2 Å². The van der Waals surface area contributed by atoms with Crippen LogP contribution in [0.2, 0.25) is 0 Å². The number of hydrogen-bond acceptors (Lipinski definition) is 2. The number of alkyl halides is 3. The maximum Gasteiger partial charge on any atom is 0.389 e. The summed E-state index contributed by atoms with van der Waals surface area (Å²) in [6.07, 6.45) is -4.60. The predicted molar refractivity (Wildman–Crippen MR) is 66.6 cm³/mol. The zero-order chi connectivity index (χ0) is 14.3. The Hall–Kier alpha value is -1.56. The Bertz CT molecular complexity index is 401. The molecule has 0 aliphatic rings. The van der Waals surface area contributed by atoms with Crippen LogP contribution < -0.4 is 11.1 Å². The standard InChI is InChI=1S/C13H17F3N2O/c14-13(15,16)7-1-2-8-18-12(19)11-5-3-10(9-17)4-6-11/h3-6H,1-2,7-9,17H2,(H,18,19). The van der Waals surface area contributed by atoms with E-state index in [2.05, 4.69) is 5.32 Å². The fourth-order valence-electron chi connectivity index (χ4n) is 1.55. The molecule has 0 aromatic heterocycles. The highest BCUT2D eigenvalue weighted by Crippen LogP contribution is 2.21. The largest absolute Gasteiger partial charge is 0.389 e. The monoisotopic (exact) mass is 274 g/mol. The predicted octanol–water partition coefficient (Wildman–Crippen LogP) is 2.61. The van der Waals surface area contributed by atoms with Crippen LogP contribution in [0.1, 0.15) is 35.2 Å². The van der Waals surface area contributed by atoms with Crippen molar-refractivity contribution in [1.29, 1.82) is 0 Å². The molecule has 1 amide bonds. The van der Waals surface area contributed by atoms with E-state index < -0.39 is 12.6 Å². The van der Waals surface area contributed by atoms with E-state index in [1.807, 2.05) is 0 Å². The van der Waals surface area contributed by atoms with E-state index in [1.54, 1.807) is 24.3 Å². The summed E-state index contributed by atoms with van der Waals surface area (Å²) in [6, 6.07) is 6.79. The molecule has 6 heteroatoms. The van der Waals surface area contributed by atoms with Gasteiger partial charge >= 0.3 is 6.18 Å². The summed E-state index contributed by atoms with van der Waals surface area (Å²) in [4.78, 5) is 11.6. The summed E-state index contributed by atoms with van der Waals surface area (Å²) in [6.45, 7) is 0.646. The van der Waals surface area contributed by atoms with Gasteiger partial charge in [0.05, 0.1) is 0 Å². The third kappa shape index (κ3) is 6.24. The maximum atomic E-state index is 11.9. The minimum absolute atomic E-state index is 0.0237. The first-order chi connectivity index (χ1) is 8.92. The van der Waals surface area contributed by atoms with E-state index >= 15 is 0 Å². The van der Waals surface area contributed by atoms with Gasteiger partial charge in [-0.25, -0.2) is 0 Å². The Morgan fingerprint density at radius 3 is 2.32 bits per heavy atom. The van der Waals surface area contributed by atoms with E-state index in [4.69, 9.17) is 5.73 Å². The van der Waals surface area contributed by atoms with Crippen LogP contribution in [0.5, 0.6) is 0 Å². The third-order valence-electron chi connectivity index (χ3n) is 2.62. The lowest BCUT2D eigenvalue weighted by Gasteiger charge is -2.07. The van der Waals surface area contributed by atoms with E-state index in [9.17, 15) is 18.0 Å². The van der Waals surface area contributed by atoms with Gasteiger partial charge in [0.2, 0.25) is 0 Å². The minimum atomic E-state index is -4.12. The maximum absolute atomic E-state index is 11.9. The average Bonchev–Trinajstić information content (AvgIpc) is 2.37. The summed E-state index contributed by atoms with van der Waals surface area (Å²) in [7, 11) is 0. The van der Waals surface area contributed by atoms with Gasteiger partial charge in [-0.15, -0.1) is 0 Å². The van der Waals surface area contributed by atoms with Crippen LogP contribution in [0, 0.1) is 0 Å². The molecule has 0 unspecified atom stereocenters. The molecule has 106 valence electrons. The van der Waals surface area contributed by atoms with Gasteiger partial charge in [0.1, 0.15) is 0 Å². The molecule has 0 spiro atoms. The van der Waals surface area contributed by atoms with Crippen molar-refractivity contribution in [2.75, 3.05) is 6.54 Å². The Labute approximate surface area is 110 Å². The number of unbranched alkanes of at least 4 members (excludes halogenated alkanes) is 1. The molecular formula is C13H17F3N2O. The summed E-state index contributed by atoms with van der Waals surface area (Å²) in [5.41, 5.74) is 6.83. The molecule has 0 fully saturated rings. The molecule has 1 aromatic rings. The summed E-state index contributed by atoms with van der Waals surface area (Å²) in [5, 5.41) is 2.59. The first-order valence-corrected chi connectivity index (χ1v) is 6.06. The van der Waals surface area contributed by atoms with Gasteiger partial charge in [0.15, 0.2) is 0 Å². The van der Waals surface area contributed by atoms with Crippen LogP contribution in [-0.4, -0.2) is 18.6 Å². The second-order valence-corrected chi connectivity index (χ2v) is 4.23. The first kappa shape index (κ1) is 15.5. The molecule has 1 aromatic carbocycles. The van der Waals surface area contributed by atoms with Crippen LogP contribution in [0.25, 0.3) is 0 Å². The molecule has 0 saturated heterocycles. The van der Waals surface area contributed by atoms with Crippen molar-refractivity contribution in [3.8, 4) is 0 Å². The van der Waals surface area contributed by atoms with Gasteiger partial charge < -0.3 is 11.1 Å². The topological polar surface area (TPSA) is 55.1 Å². The summed E-state index contributed by atoms with van der Waals surface area (Å²) < 4.78 is 35.6. The zero-order valence-electron chi connectivity index (χ0n) is 10.5. The van der Waals surface area contributed by atoms with Crippen LogP contribution in [0.3, 0.4) is 0 Å². The lowest BCUT2D eigenvalue weighted by molar-refractivity contribution is -0.135. The molecule has 0 bridgehead atoms. The fourth-order valence-corrected chi connectivity index (χ4v) is 1.55. The van der Waals surface area contributed by atoms with Gasteiger partial charge in [-0.05, 0) is 30.5 Å². The number of halogens is 3. The molecule has 0 atom stereocenters. The molecule has 0 aliphatic carbocycles. The summed E-state index contributed by atoms with van der Waals surface area (Å²) >= 11 is 0. The van der Waals surface area contributed by atoms with Gasteiger partial charge in [-0.3, -0.25) is 4.79 Å². The average molecular weight is 274 g/mol. The molecule has 3 nitrogen and oxygen atoms in total. The molecule has 1 rings (SSSR count). The van der Waals surface area contributed by atoms with Crippen molar-refractivity contribution < 1.29 is 18.0 Å². The Morgan fingerprint density at radius 2 is 1.79 bits per heavy atom. The van der Waals surface area contributed by atoms with E-state index in [-0.39, 0.29) is 18.9 Å². The summed E-state index contributed by atoms with van der Waals surface area (Å²) in [5.74, 6) is -0.282. The van der Waals surface area contributed by atoms with E-state index in [1.165, 1.54) is 0 Å². The molecule has 3 N–H and O–H groups in total. The lowest BCUT2D eigenvalue weighted by Crippen LogP contribution is -2.24. The Balaban J connectivity index is 2.27. The van der Waals surface area contributed by atoms with Crippen LogP contribution in [0.15, 0.2) is 24.3 Å². The highest BCUT2D eigenvalue weighted by Gasteiger charge is 2.25. The molecular weight excluding hydrogens is 257 g/mol. The minimum Gasteiger partial charge on any atom is -0.352 e. The van der Waals surface area contributed by atoms with E-state index in [0.717, 1.165) is 5.56 Å². The SMILES string of the molecule is NCc1ccc(C(=O)NCCCCC(F)(F)F)cc1. The highest BCUT2D eigenvalue weighted by atomic mass is 19.4. The van der Waals surface area contributed by atoms with Crippen molar-refractivity contribution in [3.05, 3.63) is 35.4 Å². The second kappa shape index (κ2) is 7.13. The fraction of sp³-hybridized carbons (Fsp3) is 0.462. The number of benzene rings is 1. The van der Waals surface area contributed by atoms with Gasteiger partial charge in [-0.1, -0.05) is 12.1 Å². The van der Waals surface area contributed by atoms with Crippen molar-refractivity contribution >= 4 is 5.91 Å². The van der Waals surface area contributed by atoms with Crippen LogP contribution in [-0.2, 0) is 6.54 Å². The number of nitrogens with one attached hydrogen (secondary N) is 1. The molecule has 0 heterocycles. The van der Waals surface area contributed by atoms with Gasteiger partial charge in [0.25, 0.3) is 5.91 Å². The normalized spacial score (nSPS) is 11.4. The highest BCUT2D eigenvalue weighted by molar-refractivity contribution is 5.94. The molecule has 0 radical (unpaired) electrons. The molecule has 0 saturated carbocycles. The molecule has 19 heavy (non-hydrogen) atoms. The van der Waals surface area contributed by atoms with E-state index in [0.29, 0.717) is 18.5 Å². The third-order valence-corrected chi connectivity index (χ3v) is 2.62. The number of carbonyl (C=O) groups excluding carboxylic acids is 1. The van der Waals surface area contributed by atoms with Crippen LogP contribution in [0.4, 0.5) is 13.2 Å². The lowest BCUT2D eigenvalue weighted by atomic mass is 10.1. The Kier molecular flexibility index (Phi) is 5.82. The molecule has 0 aliphatic heterocycles. The first-order valence-electron chi connectivity index (χ1n) is 6.06. The zero-order valence-corrected chi connectivity index (χ0v) is 10.5. The number of nitrogens with two attached hydrogens (primary N) is 1. The Morgan fingerprint density at radius 1 is 1.16 bits per heavy atom. The number of rotatable bonds is 6. The second-order valence-electron chi connectivity index (χ2n) is 4.23. The smallest absolute Gasteiger partial charge is 0.352 e. The van der Waals surface area contributed by atoms with Crippen LogP contribution >= 0.6 is 0 Å². The van der Waals surface area contributed by atoms with Crippen molar-refractivity contribution in [3.63, 3.8) is 0 Å².